The van der Waals surface area contributed by atoms with Gasteiger partial charge in [-0.15, -0.1) is 0 Å². The Morgan fingerprint density at radius 3 is 2.51 bits per heavy atom. The standard InChI is InChI=1S/C28H34FN5O5/c1-18(35)39-28(3)21(15-37-25(36)19-11-7-6-8-12-19)38-26(27(28,2)29)34-17-32-22-23(30-16-31-24(22)34)33-20-13-9-4-5-10-14-20/h6-8,11-12,16-17,20-21,26H,4-5,9-10,13-15H2,1-3H3,(H,30,31,33)/t21-,26+,27+,28+/m1/s1. The van der Waals surface area contributed by atoms with Crippen LogP contribution in [0.5, 0.6) is 0 Å². The number of nitrogens with zero attached hydrogens (tertiary/aromatic N) is 4. The number of alkyl halides is 1. The lowest BCUT2D eigenvalue weighted by Crippen LogP contribution is -2.55. The summed E-state index contributed by atoms with van der Waals surface area (Å²) < 4.78 is 35.4. The second kappa shape index (κ2) is 10.9. The predicted molar refractivity (Wildman–Crippen MR) is 141 cm³/mol. The highest BCUT2D eigenvalue weighted by molar-refractivity contribution is 5.89. The van der Waals surface area contributed by atoms with Gasteiger partial charge in [0.2, 0.25) is 0 Å². The topological polar surface area (TPSA) is 117 Å². The maximum atomic E-state index is 16.7. The number of ether oxygens (including phenoxy) is 3. The Morgan fingerprint density at radius 1 is 1.10 bits per heavy atom. The van der Waals surface area contributed by atoms with Crippen LogP contribution in [0, 0.1) is 0 Å². The first kappa shape index (κ1) is 27.0. The molecule has 1 saturated heterocycles. The molecule has 2 aromatic heterocycles. The normalized spacial score (nSPS) is 27.7. The summed E-state index contributed by atoms with van der Waals surface area (Å²) in [5, 5.41) is 3.50. The Kier molecular flexibility index (Phi) is 7.53. The molecule has 4 atom stereocenters. The average Bonchev–Trinajstić information content (AvgIpc) is 3.27. The van der Waals surface area contributed by atoms with E-state index < -0.39 is 35.5 Å². The third-order valence-electron chi connectivity index (χ3n) is 7.88. The minimum atomic E-state index is -2.24. The fourth-order valence-corrected chi connectivity index (χ4v) is 5.52. The van der Waals surface area contributed by atoms with Crippen LogP contribution in [-0.4, -0.2) is 61.5 Å². The molecule has 10 nitrogen and oxygen atoms in total. The van der Waals surface area contributed by atoms with Crippen LogP contribution in [0.2, 0.25) is 0 Å². The van der Waals surface area contributed by atoms with Gasteiger partial charge in [-0.1, -0.05) is 43.9 Å². The van der Waals surface area contributed by atoms with Crippen LogP contribution in [0.15, 0.2) is 43.0 Å². The van der Waals surface area contributed by atoms with Crippen molar-refractivity contribution in [2.75, 3.05) is 11.9 Å². The summed E-state index contributed by atoms with van der Waals surface area (Å²) in [5.41, 5.74) is -2.80. The zero-order valence-corrected chi connectivity index (χ0v) is 22.4. The van der Waals surface area contributed by atoms with Crippen LogP contribution in [0.4, 0.5) is 10.2 Å². The summed E-state index contributed by atoms with van der Waals surface area (Å²) >= 11 is 0. The molecule has 11 heteroatoms. The Labute approximate surface area is 226 Å². The fraction of sp³-hybridized carbons (Fsp3) is 0.536. The Balaban J connectivity index is 1.43. The molecule has 2 fully saturated rings. The van der Waals surface area contributed by atoms with Gasteiger partial charge in [0.1, 0.15) is 19.0 Å². The molecular formula is C28H34FN5O5. The van der Waals surface area contributed by atoms with Crippen molar-refractivity contribution in [3.63, 3.8) is 0 Å². The van der Waals surface area contributed by atoms with Gasteiger partial charge in [0.25, 0.3) is 0 Å². The second-order valence-electron chi connectivity index (χ2n) is 10.6. The van der Waals surface area contributed by atoms with E-state index in [1.165, 1.54) is 50.8 Å². The molecule has 0 radical (unpaired) electrons. The molecule has 3 aromatic rings. The minimum Gasteiger partial charge on any atom is -0.459 e. The van der Waals surface area contributed by atoms with Gasteiger partial charge >= 0.3 is 11.9 Å². The molecule has 2 aliphatic rings. The lowest BCUT2D eigenvalue weighted by molar-refractivity contribution is -0.175. The van der Waals surface area contributed by atoms with E-state index in [1.807, 2.05) is 0 Å². The van der Waals surface area contributed by atoms with Crippen LogP contribution >= 0.6 is 0 Å². The van der Waals surface area contributed by atoms with E-state index in [1.54, 1.807) is 30.3 Å². The first-order chi connectivity index (χ1) is 18.7. The molecule has 1 N–H and O–H groups in total. The number of halogens is 1. The van der Waals surface area contributed by atoms with E-state index >= 15 is 4.39 Å². The summed E-state index contributed by atoms with van der Waals surface area (Å²) in [5.74, 6) is -0.693. The van der Waals surface area contributed by atoms with Gasteiger partial charge in [-0.2, -0.15) is 0 Å². The van der Waals surface area contributed by atoms with Gasteiger partial charge < -0.3 is 19.5 Å². The second-order valence-corrected chi connectivity index (χ2v) is 10.6. The largest absolute Gasteiger partial charge is 0.459 e. The average molecular weight is 540 g/mol. The highest BCUT2D eigenvalue weighted by atomic mass is 19.1. The van der Waals surface area contributed by atoms with Gasteiger partial charge in [0.05, 0.1) is 11.9 Å². The van der Waals surface area contributed by atoms with E-state index in [-0.39, 0.29) is 12.6 Å². The summed E-state index contributed by atoms with van der Waals surface area (Å²) in [7, 11) is 0. The molecule has 1 saturated carbocycles. The Hall–Kier alpha value is -3.60. The number of carbonyl (C=O) groups excluding carboxylic acids is 2. The molecule has 0 bridgehead atoms. The van der Waals surface area contributed by atoms with Crippen LogP contribution in [-0.2, 0) is 19.0 Å². The zero-order valence-electron chi connectivity index (χ0n) is 22.4. The quantitative estimate of drug-likeness (QED) is 0.335. The highest BCUT2D eigenvalue weighted by Gasteiger charge is 2.66. The van der Waals surface area contributed by atoms with Crippen molar-refractivity contribution in [3.8, 4) is 0 Å². The fourth-order valence-electron chi connectivity index (χ4n) is 5.52. The van der Waals surface area contributed by atoms with Crippen molar-refractivity contribution in [2.24, 2.45) is 0 Å². The number of hydrogen-bond acceptors (Lipinski definition) is 9. The monoisotopic (exact) mass is 539 g/mol. The molecule has 0 unspecified atom stereocenters. The number of nitrogens with one attached hydrogen (secondary N) is 1. The number of imidazole rings is 1. The maximum absolute atomic E-state index is 16.7. The minimum absolute atomic E-state index is 0.279. The molecule has 1 aromatic carbocycles. The summed E-state index contributed by atoms with van der Waals surface area (Å²) in [6, 6.07) is 8.72. The molecule has 39 heavy (non-hydrogen) atoms. The van der Waals surface area contributed by atoms with Gasteiger partial charge in [-0.05, 0) is 38.8 Å². The Morgan fingerprint density at radius 2 is 1.82 bits per heavy atom. The van der Waals surface area contributed by atoms with Gasteiger partial charge in [0, 0.05) is 13.0 Å². The molecular weight excluding hydrogens is 505 g/mol. The van der Waals surface area contributed by atoms with Crippen LogP contribution < -0.4 is 5.32 Å². The first-order valence-electron chi connectivity index (χ1n) is 13.4. The van der Waals surface area contributed by atoms with Crippen molar-refractivity contribution in [3.05, 3.63) is 48.5 Å². The number of rotatable bonds is 7. The molecule has 208 valence electrons. The number of fused-ring (bicyclic) bond motifs is 1. The number of aromatic nitrogens is 4. The van der Waals surface area contributed by atoms with Crippen molar-refractivity contribution in [2.45, 2.75) is 88.9 Å². The lowest BCUT2D eigenvalue weighted by atomic mass is 9.84. The summed E-state index contributed by atoms with van der Waals surface area (Å²) in [6.07, 6.45) is 7.34. The maximum Gasteiger partial charge on any atom is 0.338 e. The number of hydrogen-bond donors (Lipinski definition) is 1. The smallest absolute Gasteiger partial charge is 0.338 e. The molecule has 3 heterocycles. The van der Waals surface area contributed by atoms with Crippen molar-refractivity contribution in [1.82, 2.24) is 19.5 Å². The summed E-state index contributed by atoms with van der Waals surface area (Å²) in [6.45, 7) is 3.62. The molecule has 0 spiro atoms. The van der Waals surface area contributed by atoms with Crippen LogP contribution in [0.1, 0.15) is 75.9 Å². The van der Waals surface area contributed by atoms with E-state index in [2.05, 4.69) is 20.3 Å². The molecule has 1 aliphatic heterocycles. The molecule has 1 aliphatic carbocycles. The number of esters is 2. The van der Waals surface area contributed by atoms with E-state index in [9.17, 15) is 9.59 Å². The van der Waals surface area contributed by atoms with E-state index in [0.717, 1.165) is 25.7 Å². The van der Waals surface area contributed by atoms with Gasteiger partial charge in [0.15, 0.2) is 34.5 Å². The number of anilines is 1. The highest BCUT2D eigenvalue weighted by Crippen LogP contribution is 2.51. The lowest BCUT2D eigenvalue weighted by Gasteiger charge is -2.36. The Bertz CT molecular complexity index is 1320. The van der Waals surface area contributed by atoms with Gasteiger partial charge in [-0.3, -0.25) is 9.36 Å². The van der Waals surface area contributed by atoms with Crippen LogP contribution in [0.3, 0.4) is 0 Å². The number of benzene rings is 1. The van der Waals surface area contributed by atoms with Crippen molar-refractivity contribution in [1.29, 1.82) is 0 Å². The first-order valence-corrected chi connectivity index (χ1v) is 13.4. The van der Waals surface area contributed by atoms with Crippen molar-refractivity contribution < 1.29 is 28.2 Å². The SMILES string of the molecule is CC(=O)O[C@@]1(C)[C@@H](COC(=O)c2ccccc2)O[C@H](n2cnc3c(NC4CCCCCC4)ncnc32)[C@]1(C)F. The van der Waals surface area contributed by atoms with Crippen LogP contribution in [0.25, 0.3) is 11.2 Å². The predicted octanol–water partition coefficient (Wildman–Crippen LogP) is 4.77. The number of carbonyl (C=O) groups is 2. The zero-order chi connectivity index (χ0) is 27.6. The molecule has 5 rings (SSSR count). The van der Waals surface area contributed by atoms with E-state index in [0.29, 0.717) is 22.5 Å². The van der Waals surface area contributed by atoms with Gasteiger partial charge in [-0.25, -0.2) is 24.1 Å². The van der Waals surface area contributed by atoms with Crippen molar-refractivity contribution >= 4 is 28.9 Å². The third kappa shape index (κ3) is 5.19. The van der Waals surface area contributed by atoms with E-state index in [4.69, 9.17) is 14.2 Å². The molecule has 0 amide bonds. The third-order valence-corrected chi connectivity index (χ3v) is 7.88. The summed E-state index contributed by atoms with van der Waals surface area (Å²) in [4.78, 5) is 37.9.